The van der Waals surface area contributed by atoms with Gasteiger partial charge in [-0.2, -0.15) is 0 Å². The van der Waals surface area contributed by atoms with Crippen LogP contribution in [-0.4, -0.2) is 22.1 Å². The van der Waals surface area contributed by atoms with Gasteiger partial charge in [0.15, 0.2) is 10.7 Å². The normalized spacial score (nSPS) is 12.7. The van der Waals surface area contributed by atoms with Gasteiger partial charge in [-0.25, -0.2) is 4.98 Å². The lowest BCUT2D eigenvalue weighted by molar-refractivity contribution is 0.0977. The van der Waals surface area contributed by atoms with Gasteiger partial charge in [-0.3, -0.25) is 10.1 Å². The Labute approximate surface area is 217 Å². The zero-order chi connectivity index (χ0) is 25.7. The lowest BCUT2D eigenvalue weighted by Crippen LogP contribution is -2.34. The standard InChI is InChI=1S/C29H31N3O3S/c1-5-18(3)20-13-14-26-25(17-20)31-28(35-26)22-10-7-11-23(15-22)30-29(36)32-27(33)21-9-8-12-24(16-21)34-19(4)6-2/h7-19H,5-6H2,1-4H3,(H2,30,32,33,36)/t18-,19-/m1/s1. The Kier molecular flexibility index (Phi) is 8.00. The van der Waals surface area contributed by atoms with E-state index in [1.54, 1.807) is 18.2 Å². The predicted octanol–water partition coefficient (Wildman–Crippen LogP) is 7.31. The van der Waals surface area contributed by atoms with Crippen LogP contribution in [0, 0.1) is 0 Å². The predicted molar refractivity (Wildman–Crippen MR) is 149 cm³/mol. The van der Waals surface area contributed by atoms with Gasteiger partial charge in [-0.1, -0.05) is 39.0 Å². The molecule has 7 heteroatoms. The summed E-state index contributed by atoms with van der Waals surface area (Å²) >= 11 is 5.38. The van der Waals surface area contributed by atoms with Gasteiger partial charge in [0.25, 0.3) is 5.91 Å². The van der Waals surface area contributed by atoms with Gasteiger partial charge in [0.05, 0.1) is 6.10 Å². The highest BCUT2D eigenvalue weighted by molar-refractivity contribution is 7.80. The molecule has 4 aromatic rings. The summed E-state index contributed by atoms with van der Waals surface area (Å²) in [5.41, 5.74) is 4.83. The molecular weight excluding hydrogens is 470 g/mol. The Morgan fingerprint density at radius 3 is 2.61 bits per heavy atom. The van der Waals surface area contributed by atoms with Crippen LogP contribution < -0.4 is 15.4 Å². The average molecular weight is 502 g/mol. The molecule has 2 N–H and O–H groups in total. The quantitative estimate of drug-likeness (QED) is 0.247. The van der Waals surface area contributed by atoms with Crippen LogP contribution in [0.2, 0.25) is 0 Å². The van der Waals surface area contributed by atoms with Gasteiger partial charge in [0.2, 0.25) is 5.89 Å². The number of carbonyl (C=O) groups excluding carboxylic acids is 1. The molecule has 4 rings (SSSR count). The van der Waals surface area contributed by atoms with Crippen molar-refractivity contribution in [3.63, 3.8) is 0 Å². The van der Waals surface area contributed by atoms with Gasteiger partial charge in [-0.15, -0.1) is 0 Å². The molecule has 0 radical (unpaired) electrons. The number of oxazole rings is 1. The Hall–Kier alpha value is -3.71. The highest BCUT2D eigenvalue weighted by Gasteiger charge is 2.13. The SMILES string of the molecule is CC[C@@H](C)Oc1cccc(C(=O)NC(=S)Nc2cccc(-c3nc4cc([C@H](C)CC)ccc4o3)c2)c1. The first-order chi connectivity index (χ1) is 17.4. The Bertz CT molecular complexity index is 1380. The summed E-state index contributed by atoms with van der Waals surface area (Å²) in [5, 5.41) is 6.00. The number of hydrogen-bond donors (Lipinski definition) is 2. The fourth-order valence-corrected chi connectivity index (χ4v) is 3.91. The minimum Gasteiger partial charge on any atom is -0.491 e. The molecule has 0 aliphatic heterocycles. The van der Waals surface area contributed by atoms with Gasteiger partial charge in [0, 0.05) is 16.8 Å². The average Bonchev–Trinajstić information content (AvgIpc) is 3.32. The minimum absolute atomic E-state index is 0.0709. The summed E-state index contributed by atoms with van der Waals surface area (Å²) in [4.78, 5) is 17.4. The van der Waals surface area contributed by atoms with Crippen LogP contribution in [0.5, 0.6) is 5.75 Å². The maximum Gasteiger partial charge on any atom is 0.257 e. The number of nitrogens with one attached hydrogen (secondary N) is 2. The number of rotatable bonds is 8. The molecular formula is C29H31N3O3S. The largest absolute Gasteiger partial charge is 0.491 e. The number of aromatic nitrogens is 1. The van der Waals surface area contributed by atoms with Crippen LogP contribution in [0.4, 0.5) is 5.69 Å². The number of thiocarbonyl (C=S) groups is 1. The van der Waals surface area contributed by atoms with Crippen LogP contribution in [0.1, 0.15) is 62.4 Å². The summed E-state index contributed by atoms with van der Waals surface area (Å²) < 4.78 is 11.8. The number of hydrogen-bond acceptors (Lipinski definition) is 5. The van der Waals surface area contributed by atoms with Crippen molar-refractivity contribution in [2.24, 2.45) is 0 Å². The molecule has 1 amide bonds. The monoisotopic (exact) mass is 501 g/mol. The van der Waals surface area contributed by atoms with Crippen molar-refractivity contribution < 1.29 is 13.9 Å². The van der Waals surface area contributed by atoms with Gasteiger partial charge >= 0.3 is 0 Å². The first-order valence-corrected chi connectivity index (χ1v) is 12.7. The Morgan fingerprint density at radius 2 is 1.83 bits per heavy atom. The van der Waals surface area contributed by atoms with Crippen LogP contribution in [0.25, 0.3) is 22.6 Å². The van der Waals surface area contributed by atoms with Crippen molar-refractivity contribution in [1.29, 1.82) is 0 Å². The molecule has 36 heavy (non-hydrogen) atoms. The van der Waals surface area contributed by atoms with E-state index in [2.05, 4.69) is 36.6 Å². The lowest BCUT2D eigenvalue weighted by atomic mass is 9.98. The van der Waals surface area contributed by atoms with Gasteiger partial charge in [-0.05, 0) is 92.0 Å². The second kappa shape index (κ2) is 11.4. The molecule has 1 aromatic heterocycles. The van der Waals surface area contributed by atoms with Crippen molar-refractivity contribution in [3.05, 3.63) is 77.9 Å². The van der Waals surface area contributed by atoms with Crippen LogP contribution in [0.15, 0.2) is 71.1 Å². The third-order valence-corrected chi connectivity index (χ3v) is 6.40. The molecule has 0 aliphatic rings. The summed E-state index contributed by atoms with van der Waals surface area (Å²) in [5.74, 6) is 1.34. The molecule has 0 spiro atoms. The fraction of sp³-hybridized carbons (Fsp3) is 0.276. The highest BCUT2D eigenvalue weighted by atomic mass is 32.1. The molecule has 0 saturated carbocycles. The Morgan fingerprint density at radius 1 is 1.03 bits per heavy atom. The summed E-state index contributed by atoms with van der Waals surface area (Å²) in [7, 11) is 0. The fourth-order valence-electron chi connectivity index (χ4n) is 3.70. The topological polar surface area (TPSA) is 76.4 Å². The zero-order valence-corrected chi connectivity index (χ0v) is 21.8. The first kappa shape index (κ1) is 25.4. The van der Waals surface area contributed by atoms with Crippen molar-refractivity contribution in [1.82, 2.24) is 10.3 Å². The van der Waals surface area contributed by atoms with E-state index in [1.165, 1.54) is 5.56 Å². The lowest BCUT2D eigenvalue weighted by Gasteiger charge is -2.14. The second-order valence-corrected chi connectivity index (χ2v) is 9.32. The number of ether oxygens (including phenoxy) is 1. The molecule has 0 unspecified atom stereocenters. The summed E-state index contributed by atoms with van der Waals surface area (Å²) in [6.07, 6.45) is 2.02. The van der Waals surface area contributed by atoms with Crippen LogP contribution in [0.3, 0.4) is 0 Å². The molecule has 0 saturated heterocycles. The van der Waals surface area contributed by atoms with Crippen molar-refractivity contribution in [2.75, 3.05) is 5.32 Å². The van der Waals surface area contributed by atoms with E-state index in [0.717, 1.165) is 29.5 Å². The van der Waals surface area contributed by atoms with Crippen molar-refractivity contribution in [2.45, 2.75) is 52.6 Å². The highest BCUT2D eigenvalue weighted by Crippen LogP contribution is 2.29. The maximum atomic E-state index is 12.7. The van der Waals surface area contributed by atoms with E-state index >= 15 is 0 Å². The number of nitrogens with zero attached hydrogens (tertiary/aromatic N) is 1. The van der Waals surface area contributed by atoms with Crippen LogP contribution >= 0.6 is 12.2 Å². The summed E-state index contributed by atoms with van der Waals surface area (Å²) in [6, 6.07) is 20.8. The molecule has 2 atom stereocenters. The van der Waals surface area contributed by atoms with Gasteiger partial charge < -0.3 is 14.5 Å². The molecule has 186 valence electrons. The van der Waals surface area contributed by atoms with E-state index in [0.29, 0.717) is 28.8 Å². The minimum atomic E-state index is -0.311. The van der Waals surface area contributed by atoms with Crippen molar-refractivity contribution in [3.8, 4) is 17.2 Å². The van der Waals surface area contributed by atoms with E-state index in [4.69, 9.17) is 26.4 Å². The maximum absolute atomic E-state index is 12.7. The molecule has 3 aromatic carbocycles. The molecule has 6 nitrogen and oxygen atoms in total. The number of amides is 1. The molecule has 0 bridgehead atoms. The van der Waals surface area contributed by atoms with E-state index in [-0.39, 0.29) is 17.1 Å². The Balaban J connectivity index is 1.44. The number of anilines is 1. The third-order valence-electron chi connectivity index (χ3n) is 6.20. The number of carbonyl (C=O) groups is 1. The first-order valence-electron chi connectivity index (χ1n) is 12.3. The van der Waals surface area contributed by atoms with Gasteiger partial charge in [0.1, 0.15) is 11.3 Å². The second-order valence-electron chi connectivity index (χ2n) is 8.91. The third kappa shape index (κ3) is 6.10. The molecule has 0 aliphatic carbocycles. The zero-order valence-electron chi connectivity index (χ0n) is 21.0. The van der Waals surface area contributed by atoms with Crippen molar-refractivity contribution >= 4 is 40.0 Å². The van der Waals surface area contributed by atoms with Crippen LogP contribution in [-0.2, 0) is 0 Å². The molecule has 1 heterocycles. The summed E-state index contributed by atoms with van der Waals surface area (Å²) in [6.45, 7) is 8.42. The molecule has 0 fully saturated rings. The smallest absolute Gasteiger partial charge is 0.257 e. The van der Waals surface area contributed by atoms with E-state index in [9.17, 15) is 4.79 Å². The van der Waals surface area contributed by atoms with E-state index in [1.807, 2.05) is 50.2 Å². The number of benzene rings is 3. The number of fused-ring (bicyclic) bond motifs is 1. The van der Waals surface area contributed by atoms with E-state index < -0.39 is 0 Å².